The van der Waals surface area contributed by atoms with Crippen LogP contribution in [0.5, 0.6) is 11.5 Å². The first kappa shape index (κ1) is 10.9. The molecule has 0 fully saturated rings. The summed E-state index contributed by atoms with van der Waals surface area (Å²) in [5, 5.41) is 0. The summed E-state index contributed by atoms with van der Waals surface area (Å²) in [6, 6.07) is 13.7. The van der Waals surface area contributed by atoms with E-state index in [9.17, 15) is 4.79 Å². The predicted molar refractivity (Wildman–Crippen MR) is 64.6 cm³/mol. The summed E-state index contributed by atoms with van der Waals surface area (Å²) in [5.41, 5.74) is 1.14. The van der Waals surface area contributed by atoms with Crippen LogP contribution in [0.4, 0.5) is 5.69 Å². The number of carbonyl (C=O) groups is 1. The highest BCUT2D eigenvalue weighted by atomic mass is 16.5. The van der Waals surface area contributed by atoms with Crippen molar-refractivity contribution < 1.29 is 9.53 Å². The molecule has 0 bridgehead atoms. The average molecular weight is 223 g/mol. The van der Waals surface area contributed by atoms with Gasteiger partial charge in [0.25, 0.3) is 0 Å². The van der Waals surface area contributed by atoms with Gasteiger partial charge in [0, 0.05) is 5.56 Å². The predicted octanol–water partition coefficient (Wildman–Crippen LogP) is 3.84. The Morgan fingerprint density at radius 3 is 2.47 bits per heavy atom. The Morgan fingerprint density at radius 1 is 1.06 bits per heavy atom. The van der Waals surface area contributed by atoms with Gasteiger partial charge in [-0.05, 0) is 24.3 Å². The maximum atomic E-state index is 10.6. The summed E-state index contributed by atoms with van der Waals surface area (Å²) in [4.78, 5) is 13.9. The van der Waals surface area contributed by atoms with Crippen LogP contribution in [-0.4, -0.2) is 6.29 Å². The zero-order chi connectivity index (χ0) is 12.1. The summed E-state index contributed by atoms with van der Waals surface area (Å²) in [7, 11) is 0. The van der Waals surface area contributed by atoms with Crippen LogP contribution in [-0.2, 0) is 0 Å². The lowest BCUT2D eigenvalue weighted by Crippen LogP contribution is -1.85. The second kappa shape index (κ2) is 4.95. The molecule has 2 aromatic carbocycles. The van der Waals surface area contributed by atoms with Crippen LogP contribution in [0.2, 0.25) is 0 Å². The molecule has 3 nitrogen and oxygen atoms in total. The Labute approximate surface area is 99.1 Å². The van der Waals surface area contributed by atoms with E-state index in [1.165, 1.54) is 0 Å². The van der Waals surface area contributed by atoms with E-state index >= 15 is 0 Å². The number of aldehydes is 1. The third-order valence-electron chi connectivity index (χ3n) is 2.20. The molecule has 0 radical (unpaired) electrons. The van der Waals surface area contributed by atoms with Crippen molar-refractivity contribution >= 4 is 12.0 Å². The molecular formula is C14H9NO2. The van der Waals surface area contributed by atoms with Crippen LogP contribution >= 0.6 is 0 Å². The Bertz CT molecular complexity index is 568. The van der Waals surface area contributed by atoms with E-state index in [1.807, 2.05) is 0 Å². The Hall–Kier alpha value is -2.60. The van der Waals surface area contributed by atoms with Crippen LogP contribution < -0.4 is 4.74 Å². The van der Waals surface area contributed by atoms with Gasteiger partial charge in [-0.2, -0.15) is 0 Å². The van der Waals surface area contributed by atoms with Gasteiger partial charge in [0.05, 0.1) is 6.57 Å². The molecule has 0 N–H and O–H groups in total. The van der Waals surface area contributed by atoms with E-state index < -0.39 is 0 Å². The molecule has 0 amide bonds. The van der Waals surface area contributed by atoms with E-state index in [0.29, 0.717) is 22.7 Å². The Morgan fingerprint density at radius 2 is 1.82 bits per heavy atom. The lowest BCUT2D eigenvalue weighted by atomic mass is 10.2. The number of carbonyl (C=O) groups excluding carboxylic acids is 1. The molecule has 0 aliphatic carbocycles. The smallest absolute Gasteiger partial charge is 0.187 e. The summed E-state index contributed by atoms with van der Waals surface area (Å²) < 4.78 is 5.56. The van der Waals surface area contributed by atoms with Gasteiger partial charge in [0.1, 0.15) is 17.8 Å². The van der Waals surface area contributed by atoms with Crippen molar-refractivity contribution in [2.24, 2.45) is 0 Å². The SMILES string of the molecule is [C-]#[N+]c1ccc(Oc2cccc(C=O)c2)cc1. The van der Waals surface area contributed by atoms with E-state index in [4.69, 9.17) is 11.3 Å². The molecule has 17 heavy (non-hydrogen) atoms. The molecule has 0 saturated heterocycles. The van der Waals surface area contributed by atoms with Crippen molar-refractivity contribution in [1.29, 1.82) is 0 Å². The number of rotatable bonds is 3. The minimum atomic E-state index is 0.569. The van der Waals surface area contributed by atoms with Crippen LogP contribution in [0.1, 0.15) is 10.4 Å². The quantitative estimate of drug-likeness (QED) is 0.584. The van der Waals surface area contributed by atoms with E-state index in [2.05, 4.69) is 4.85 Å². The van der Waals surface area contributed by atoms with Crippen molar-refractivity contribution in [1.82, 2.24) is 0 Å². The third kappa shape index (κ3) is 2.70. The molecule has 0 saturated carbocycles. The van der Waals surface area contributed by atoms with E-state index in [0.717, 1.165) is 6.29 Å². The average Bonchev–Trinajstić information content (AvgIpc) is 2.40. The number of hydrogen-bond acceptors (Lipinski definition) is 2. The second-order valence-electron chi connectivity index (χ2n) is 3.40. The molecule has 0 atom stereocenters. The largest absolute Gasteiger partial charge is 0.457 e. The highest BCUT2D eigenvalue weighted by Gasteiger charge is 1.98. The summed E-state index contributed by atoms with van der Waals surface area (Å²) in [5.74, 6) is 1.24. The summed E-state index contributed by atoms with van der Waals surface area (Å²) in [6.45, 7) is 6.83. The molecule has 0 spiro atoms. The standard InChI is InChI=1S/C14H9NO2/c1-15-12-5-7-13(8-6-12)17-14-4-2-3-11(9-14)10-16/h2-10H. The second-order valence-corrected chi connectivity index (χ2v) is 3.40. The lowest BCUT2D eigenvalue weighted by Gasteiger charge is -2.05. The molecule has 0 heterocycles. The zero-order valence-electron chi connectivity index (χ0n) is 8.96. The first-order chi connectivity index (χ1) is 8.31. The number of ether oxygens (including phenoxy) is 1. The normalized spacial score (nSPS) is 9.35. The van der Waals surface area contributed by atoms with Crippen LogP contribution in [0.15, 0.2) is 48.5 Å². The van der Waals surface area contributed by atoms with Crippen LogP contribution in [0.3, 0.4) is 0 Å². The Balaban J connectivity index is 2.19. The first-order valence-corrected chi connectivity index (χ1v) is 5.02. The van der Waals surface area contributed by atoms with Gasteiger partial charge in [0.15, 0.2) is 5.69 Å². The lowest BCUT2D eigenvalue weighted by molar-refractivity contribution is 0.112. The Kier molecular flexibility index (Phi) is 3.18. The molecule has 0 unspecified atom stereocenters. The van der Waals surface area contributed by atoms with Gasteiger partial charge in [-0.25, -0.2) is 4.85 Å². The molecule has 0 aliphatic rings. The molecular weight excluding hydrogens is 214 g/mol. The van der Waals surface area contributed by atoms with Gasteiger partial charge in [0.2, 0.25) is 0 Å². The molecule has 3 heteroatoms. The zero-order valence-corrected chi connectivity index (χ0v) is 8.96. The van der Waals surface area contributed by atoms with Crippen molar-refractivity contribution in [2.45, 2.75) is 0 Å². The van der Waals surface area contributed by atoms with Crippen molar-refractivity contribution in [3.63, 3.8) is 0 Å². The van der Waals surface area contributed by atoms with Crippen LogP contribution in [0.25, 0.3) is 4.85 Å². The van der Waals surface area contributed by atoms with Crippen molar-refractivity contribution in [3.05, 3.63) is 65.5 Å². The first-order valence-electron chi connectivity index (χ1n) is 5.02. The topological polar surface area (TPSA) is 30.7 Å². The number of benzene rings is 2. The van der Waals surface area contributed by atoms with Crippen molar-refractivity contribution in [3.8, 4) is 11.5 Å². The van der Waals surface area contributed by atoms with E-state index in [1.54, 1.807) is 48.5 Å². The van der Waals surface area contributed by atoms with Gasteiger partial charge >= 0.3 is 0 Å². The molecule has 2 rings (SSSR count). The van der Waals surface area contributed by atoms with Crippen molar-refractivity contribution in [2.75, 3.05) is 0 Å². The maximum absolute atomic E-state index is 10.6. The number of hydrogen-bond donors (Lipinski definition) is 0. The fraction of sp³-hybridized carbons (Fsp3) is 0. The third-order valence-corrected chi connectivity index (χ3v) is 2.20. The molecule has 0 aromatic heterocycles. The fourth-order valence-electron chi connectivity index (χ4n) is 1.38. The summed E-state index contributed by atoms with van der Waals surface area (Å²) >= 11 is 0. The van der Waals surface area contributed by atoms with Crippen LogP contribution in [0, 0.1) is 6.57 Å². The van der Waals surface area contributed by atoms with Gasteiger partial charge in [-0.15, -0.1) is 0 Å². The van der Waals surface area contributed by atoms with Gasteiger partial charge in [-0.3, -0.25) is 4.79 Å². The summed E-state index contributed by atoms with van der Waals surface area (Å²) in [6.07, 6.45) is 0.773. The molecule has 82 valence electrons. The maximum Gasteiger partial charge on any atom is 0.187 e. The number of nitrogens with zero attached hydrogens (tertiary/aromatic N) is 1. The highest BCUT2D eigenvalue weighted by molar-refractivity contribution is 5.75. The minimum absolute atomic E-state index is 0.569. The minimum Gasteiger partial charge on any atom is -0.457 e. The highest BCUT2D eigenvalue weighted by Crippen LogP contribution is 2.24. The molecule has 2 aromatic rings. The fourth-order valence-corrected chi connectivity index (χ4v) is 1.38. The monoisotopic (exact) mass is 223 g/mol. The van der Waals surface area contributed by atoms with E-state index in [-0.39, 0.29) is 0 Å². The van der Waals surface area contributed by atoms with Gasteiger partial charge < -0.3 is 4.74 Å². The molecule has 0 aliphatic heterocycles. The van der Waals surface area contributed by atoms with Gasteiger partial charge in [-0.1, -0.05) is 24.3 Å².